The molecule has 0 aromatic heterocycles. The summed E-state index contributed by atoms with van der Waals surface area (Å²) in [5.74, 6) is 1.79. The lowest BCUT2D eigenvalue weighted by molar-refractivity contribution is 0.346. The van der Waals surface area contributed by atoms with Crippen molar-refractivity contribution in [1.82, 2.24) is 5.32 Å². The fourth-order valence-electron chi connectivity index (χ4n) is 2.22. The lowest BCUT2D eigenvalue weighted by Gasteiger charge is -2.27. The Kier molecular flexibility index (Phi) is 2.06. The quantitative estimate of drug-likeness (QED) is 0.765. The second-order valence-corrected chi connectivity index (χ2v) is 4.75. The minimum Gasteiger partial charge on any atom is -0.316 e. The second kappa shape index (κ2) is 3.39. The average molecular weight is 187 g/mol. The minimum absolute atomic E-state index is 0.893. The molecule has 3 rings (SSSR count). The van der Waals surface area contributed by atoms with Crippen LogP contribution >= 0.6 is 0 Å². The Balaban J connectivity index is 1.72. The summed E-state index contributed by atoms with van der Waals surface area (Å²) in [5, 5.41) is 3.33. The number of benzene rings is 1. The summed E-state index contributed by atoms with van der Waals surface area (Å²) in [6, 6.07) is 9.23. The van der Waals surface area contributed by atoms with Crippen molar-refractivity contribution < 1.29 is 0 Å². The van der Waals surface area contributed by atoms with Gasteiger partial charge in [-0.3, -0.25) is 0 Å². The van der Waals surface area contributed by atoms with E-state index in [1.54, 1.807) is 11.1 Å². The van der Waals surface area contributed by atoms with Crippen LogP contribution in [0.5, 0.6) is 0 Å². The molecule has 1 saturated carbocycles. The van der Waals surface area contributed by atoms with Crippen molar-refractivity contribution in [3.8, 4) is 0 Å². The summed E-state index contributed by atoms with van der Waals surface area (Å²) in [5.41, 5.74) is 3.12. The normalized spacial score (nSPS) is 22.0. The zero-order valence-corrected chi connectivity index (χ0v) is 8.50. The summed E-state index contributed by atoms with van der Waals surface area (Å²) >= 11 is 0. The van der Waals surface area contributed by atoms with Crippen LogP contribution in [-0.2, 0) is 6.42 Å². The van der Waals surface area contributed by atoms with Gasteiger partial charge >= 0.3 is 0 Å². The van der Waals surface area contributed by atoms with E-state index >= 15 is 0 Å². The molecule has 0 radical (unpaired) electrons. The van der Waals surface area contributed by atoms with Gasteiger partial charge in [-0.05, 0) is 55.3 Å². The molecule has 0 atom stereocenters. The first kappa shape index (κ1) is 8.49. The van der Waals surface area contributed by atoms with E-state index < -0.39 is 0 Å². The first-order valence-corrected chi connectivity index (χ1v) is 5.71. The summed E-state index contributed by atoms with van der Waals surface area (Å²) in [4.78, 5) is 0. The Morgan fingerprint density at radius 2 is 2.07 bits per heavy atom. The number of hydrogen-bond donors (Lipinski definition) is 1. The van der Waals surface area contributed by atoms with Crippen LogP contribution in [0.1, 0.15) is 29.9 Å². The molecule has 1 aliphatic heterocycles. The third-order valence-electron chi connectivity index (χ3n) is 3.39. The third-order valence-corrected chi connectivity index (χ3v) is 3.39. The van der Waals surface area contributed by atoms with Gasteiger partial charge in [0.2, 0.25) is 0 Å². The minimum atomic E-state index is 0.893. The maximum atomic E-state index is 3.33. The van der Waals surface area contributed by atoms with Crippen molar-refractivity contribution in [2.75, 3.05) is 13.1 Å². The smallest absolute Gasteiger partial charge is 0.000506 e. The summed E-state index contributed by atoms with van der Waals surface area (Å²) in [6.45, 7) is 2.43. The molecule has 2 aliphatic rings. The monoisotopic (exact) mass is 187 g/mol. The molecule has 1 heteroatoms. The molecule has 0 unspecified atom stereocenters. The molecule has 0 amide bonds. The van der Waals surface area contributed by atoms with E-state index in [0.717, 1.165) is 11.8 Å². The zero-order valence-electron chi connectivity index (χ0n) is 8.50. The molecule has 1 aromatic rings. The van der Waals surface area contributed by atoms with E-state index in [9.17, 15) is 0 Å². The molecule has 1 heterocycles. The van der Waals surface area contributed by atoms with Gasteiger partial charge in [0.15, 0.2) is 0 Å². The van der Waals surface area contributed by atoms with Gasteiger partial charge in [-0.1, -0.05) is 24.3 Å². The summed E-state index contributed by atoms with van der Waals surface area (Å²) in [7, 11) is 0. The Labute approximate surface area is 85.5 Å². The molecule has 0 spiro atoms. The average Bonchev–Trinajstić information content (AvgIpc) is 2.95. The Morgan fingerprint density at radius 1 is 1.21 bits per heavy atom. The number of rotatable bonds is 3. The van der Waals surface area contributed by atoms with Crippen LogP contribution in [0.2, 0.25) is 0 Å². The molecular formula is C13H17N. The van der Waals surface area contributed by atoms with E-state index in [2.05, 4.69) is 29.6 Å². The van der Waals surface area contributed by atoms with E-state index in [4.69, 9.17) is 0 Å². The van der Waals surface area contributed by atoms with Gasteiger partial charge in [-0.25, -0.2) is 0 Å². The first-order valence-electron chi connectivity index (χ1n) is 5.71. The van der Waals surface area contributed by atoms with Crippen LogP contribution in [0.15, 0.2) is 24.3 Å². The molecule has 1 nitrogen and oxygen atoms in total. The molecule has 1 aromatic carbocycles. The first-order chi connectivity index (χ1) is 6.92. The van der Waals surface area contributed by atoms with Crippen molar-refractivity contribution in [2.45, 2.75) is 25.2 Å². The highest BCUT2D eigenvalue weighted by Crippen LogP contribution is 2.40. The molecule has 74 valence electrons. The molecule has 1 N–H and O–H groups in total. The zero-order chi connectivity index (χ0) is 9.38. The fraction of sp³-hybridized carbons (Fsp3) is 0.538. The summed E-state index contributed by atoms with van der Waals surface area (Å²) in [6.07, 6.45) is 4.09. The van der Waals surface area contributed by atoms with Crippen LogP contribution in [0.4, 0.5) is 0 Å². The van der Waals surface area contributed by atoms with Crippen molar-refractivity contribution in [3.63, 3.8) is 0 Å². The van der Waals surface area contributed by atoms with Crippen LogP contribution < -0.4 is 5.32 Å². The molecule has 1 aliphatic carbocycles. The highest BCUT2D eigenvalue weighted by Gasteiger charge is 2.24. The maximum Gasteiger partial charge on any atom is -0.000506 e. The number of hydrogen-bond acceptors (Lipinski definition) is 1. The predicted molar refractivity (Wildman–Crippen MR) is 58.5 cm³/mol. The van der Waals surface area contributed by atoms with E-state index in [-0.39, 0.29) is 0 Å². The van der Waals surface area contributed by atoms with Crippen LogP contribution in [0.3, 0.4) is 0 Å². The summed E-state index contributed by atoms with van der Waals surface area (Å²) < 4.78 is 0. The van der Waals surface area contributed by atoms with Gasteiger partial charge in [0.25, 0.3) is 0 Å². The number of nitrogens with one attached hydrogen (secondary N) is 1. The lowest BCUT2D eigenvalue weighted by Crippen LogP contribution is -2.43. The SMILES string of the molecule is c1cc(CC2CNC2)cc(C2CC2)c1. The molecule has 0 bridgehead atoms. The highest BCUT2D eigenvalue weighted by molar-refractivity contribution is 5.29. The van der Waals surface area contributed by atoms with Crippen LogP contribution in [-0.4, -0.2) is 13.1 Å². The van der Waals surface area contributed by atoms with E-state index in [1.807, 2.05) is 0 Å². The molecular weight excluding hydrogens is 170 g/mol. The fourth-order valence-corrected chi connectivity index (χ4v) is 2.22. The highest BCUT2D eigenvalue weighted by atomic mass is 14.9. The Bertz CT molecular complexity index is 324. The lowest BCUT2D eigenvalue weighted by atomic mass is 9.93. The van der Waals surface area contributed by atoms with Gasteiger partial charge in [0.05, 0.1) is 0 Å². The van der Waals surface area contributed by atoms with E-state index in [0.29, 0.717) is 0 Å². The van der Waals surface area contributed by atoms with Gasteiger partial charge < -0.3 is 5.32 Å². The Morgan fingerprint density at radius 3 is 2.71 bits per heavy atom. The largest absolute Gasteiger partial charge is 0.316 e. The van der Waals surface area contributed by atoms with Gasteiger partial charge in [0, 0.05) is 0 Å². The van der Waals surface area contributed by atoms with Gasteiger partial charge in [0.1, 0.15) is 0 Å². The van der Waals surface area contributed by atoms with Crippen LogP contribution in [0, 0.1) is 5.92 Å². The molecule has 1 saturated heterocycles. The van der Waals surface area contributed by atoms with Crippen LogP contribution in [0.25, 0.3) is 0 Å². The standard InChI is InChI=1S/C13H17N/c1-2-10(6-11-8-14-9-11)7-13(3-1)12-4-5-12/h1-3,7,11-12,14H,4-6,8-9H2. The Hall–Kier alpha value is -0.820. The maximum absolute atomic E-state index is 3.33. The van der Waals surface area contributed by atoms with Crippen molar-refractivity contribution >= 4 is 0 Å². The van der Waals surface area contributed by atoms with Crippen molar-refractivity contribution in [1.29, 1.82) is 0 Å². The topological polar surface area (TPSA) is 12.0 Å². The van der Waals surface area contributed by atoms with Crippen molar-refractivity contribution in [3.05, 3.63) is 35.4 Å². The molecule has 14 heavy (non-hydrogen) atoms. The third kappa shape index (κ3) is 1.69. The second-order valence-electron chi connectivity index (χ2n) is 4.75. The van der Waals surface area contributed by atoms with E-state index in [1.165, 1.54) is 32.4 Å². The predicted octanol–water partition coefficient (Wildman–Crippen LogP) is 2.33. The van der Waals surface area contributed by atoms with Crippen molar-refractivity contribution in [2.24, 2.45) is 5.92 Å². The van der Waals surface area contributed by atoms with Gasteiger partial charge in [-0.2, -0.15) is 0 Å². The van der Waals surface area contributed by atoms with Gasteiger partial charge in [-0.15, -0.1) is 0 Å². The molecule has 2 fully saturated rings.